The highest BCUT2D eigenvalue weighted by atomic mass is 16.5. The molecule has 0 N–H and O–H groups in total. The van der Waals surface area contributed by atoms with Crippen molar-refractivity contribution >= 4 is 6.29 Å². The normalized spacial score (nSPS) is 13.7. The SMILES string of the molecule is CCCCCCCCCCCCC(C=O)(CCCN(C)C(C)c1cccc(OC)c1)c1cccc(OC)c1. The maximum Gasteiger partial charge on any atom is 0.130 e. The number of hydrogen-bond donors (Lipinski definition) is 0. The Labute approximate surface area is 233 Å². The first-order valence-electron chi connectivity index (χ1n) is 14.9. The Morgan fingerprint density at radius 2 is 1.34 bits per heavy atom. The first-order chi connectivity index (χ1) is 18.5. The molecule has 0 aliphatic heterocycles. The summed E-state index contributed by atoms with van der Waals surface area (Å²) in [4.78, 5) is 15.1. The van der Waals surface area contributed by atoms with Crippen LogP contribution in [0, 0.1) is 0 Å². The van der Waals surface area contributed by atoms with Crippen molar-refractivity contribution < 1.29 is 14.3 Å². The topological polar surface area (TPSA) is 38.8 Å². The van der Waals surface area contributed by atoms with Crippen molar-refractivity contribution in [1.29, 1.82) is 0 Å². The van der Waals surface area contributed by atoms with Gasteiger partial charge in [-0.2, -0.15) is 0 Å². The van der Waals surface area contributed by atoms with Crippen LogP contribution in [0.3, 0.4) is 0 Å². The van der Waals surface area contributed by atoms with Crippen LogP contribution in [0.1, 0.15) is 114 Å². The van der Waals surface area contributed by atoms with E-state index in [-0.39, 0.29) is 6.04 Å². The number of ether oxygens (including phenoxy) is 2. The summed E-state index contributed by atoms with van der Waals surface area (Å²) in [5.41, 5.74) is 1.87. The Kier molecular flexibility index (Phi) is 15.1. The Morgan fingerprint density at radius 1 is 0.789 bits per heavy atom. The predicted molar refractivity (Wildman–Crippen MR) is 160 cm³/mol. The second kappa shape index (κ2) is 18.0. The van der Waals surface area contributed by atoms with Crippen LogP contribution >= 0.6 is 0 Å². The molecule has 0 aliphatic rings. The monoisotopic (exact) mass is 523 g/mol. The summed E-state index contributed by atoms with van der Waals surface area (Å²) in [5, 5.41) is 0. The predicted octanol–water partition coefficient (Wildman–Crippen LogP) is 8.92. The molecule has 4 nitrogen and oxygen atoms in total. The molecule has 4 heteroatoms. The zero-order valence-corrected chi connectivity index (χ0v) is 24.8. The van der Waals surface area contributed by atoms with Crippen molar-refractivity contribution in [2.75, 3.05) is 27.8 Å². The molecule has 0 spiro atoms. The van der Waals surface area contributed by atoms with E-state index in [1.165, 1.54) is 69.6 Å². The summed E-state index contributed by atoms with van der Waals surface area (Å²) in [7, 11) is 5.57. The van der Waals surface area contributed by atoms with E-state index < -0.39 is 5.41 Å². The van der Waals surface area contributed by atoms with E-state index >= 15 is 0 Å². The molecule has 2 atom stereocenters. The van der Waals surface area contributed by atoms with Crippen molar-refractivity contribution in [1.82, 2.24) is 4.90 Å². The molecular weight excluding hydrogens is 470 g/mol. The van der Waals surface area contributed by atoms with Gasteiger partial charge in [0.15, 0.2) is 0 Å². The third kappa shape index (κ3) is 10.4. The molecule has 0 fully saturated rings. The summed E-state index contributed by atoms with van der Waals surface area (Å²) in [6, 6.07) is 16.7. The van der Waals surface area contributed by atoms with Gasteiger partial charge in [-0.1, -0.05) is 95.4 Å². The van der Waals surface area contributed by atoms with Crippen LogP contribution < -0.4 is 9.47 Å². The molecule has 2 unspecified atom stereocenters. The zero-order valence-electron chi connectivity index (χ0n) is 24.8. The average Bonchev–Trinajstić information content (AvgIpc) is 2.96. The minimum Gasteiger partial charge on any atom is -0.497 e. The summed E-state index contributed by atoms with van der Waals surface area (Å²) >= 11 is 0. The number of methoxy groups -OCH3 is 2. The molecular formula is C34H53NO3. The molecule has 2 rings (SSSR count). The van der Waals surface area contributed by atoms with Gasteiger partial charge in [-0.3, -0.25) is 4.90 Å². The fourth-order valence-corrected chi connectivity index (χ4v) is 5.45. The second-order valence-electron chi connectivity index (χ2n) is 11.0. The highest BCUT2D eigenvalue weighted by Crippen LogP contribution is 2.35. The van der Waals surface area contributed by atoms with Crippen molar-refractivity contribution in [3.63, 3.8) is 0 Å². The smallest absolute Gasteiger partial charge is 0.130 e. The van der Waals surface area contributed by atoms with E-state index in [1.807, 2.05) is 24.3 Å². The highest BCUT2D eigenvalue weighted by molar-refractivity contribution is 5.69. The highest BCUT2D eigenvalue weighted by Gasteiger charge is 2.31. The maximum atomic E-state index is 12.8. The molecule has 212 valence electrons. The lowest BCUT2D eigenvalue weighted by Gasteiger charge is -2.31. The molecule has 0 radical (unpaired) electrons. The number of nitrogens with zero attached hydrogens (tertiary/aromatic N) is 1. The summed E-state index contributed by atoms with van der Waals surface area (Å²) in [6.45, 7) is 5.43. The lowest BCUT2D eigenvalue weighted by molar-refractivity contribution is -0.113. The molecule has 0 heterocycles. The van der Waals surface area contributed by atoms with Gasteiger partial charge in [0, 0.05) is 6.04 Å². The first-order valence-corrected chi connectivity index (χ1v) is 14.9. The minimum atomic E-state index is -0.464. The van der Waals surface area contributed by atoms with Gasteiger partial charge in [0.2, 0.25) is 0 Å². The van der Waals surface area contributed by atoms with Gasteiger partial charge in [-0.15, -0.1) is 0 Å². The molecule has 0 saturated heterocycles. The van der Waals surface area contributed by atoms with Crippen molar-refractivity contribution in [3.8, 4) is 11.5 Å². The molecule has 2 aromatic carbocycles. The van der Waals surface area contributed by atoms with Gasteiger partial charge >= 0.3 is 0 Å². The third-order valence-corrected chi connectivity index (χ3v) is 8.22. The molecule has 0 aliphatic carbocycles. The van der Waals surface area contributed by atoms with Crippen LogP contribution in [0.5, 0.6) is 11.5 Å². The quantitative estimate of drug-likeness (QED) is 0.121. The number of aldehydes is 1. The Morgan fingerprint density at radius 3 is 1.95 bits per heavy atom. The molecule has 0 aromatic heterocycles. The summed E-state index contributed by atoms with van der Waals surface area (Å²) < 4.78 is 10.9. The number of unbranched alkanes of at least 4 members (excludes halogenated alkanes) is 9. The first kappa shape index (κ1) is 31.9. The van der Waals surface area contributed by atoms with Gasteiger partial charge in [-0.05, 0) is 75.2 Å². The fraction of sp³-hybridized carbons (Fsp3) is 0.618. The Hall–Kier alpha value is -2.33. The van der Waals surface area contributed by atoms with Crippen molar-refractivity contribution in [3.05, 3.63) is 59.7 Å². The Bertz CT molecular complexity index is 914. The number of rotatable bonds is 21. The van der Waals surface area contributed by atoms with Crippen LogP contribution in [-0.4, -0.2) is 39.0 Å². The van der Waals surface area contributed by atoms with Crippen LogP contribution in [0.25, 0.3) is 0 Å². The molecule has 38 heavy (non-hydrogen) atoms. The fourth-order valence-electron chi connectivity index (χ4n) is 5.45. The van der Waals surface area contributed by atoms with E-state index in [0.29, 0.717) is 0 Å². The number of hydrogen-bond acceptors (Lipinski definition) is 4. The van der Waals surface area contributed by atoms with Gasteiger partial charge in [0.1, 0.15) is 17.8 Å². The number of carbonyl (C=O) groups excluding carboxylic acids is 1. The van der Waals surface area contributed by atoms with Crippen molar-refractivity contribution in [2.24, 2.45) is 0 Å². The van der Waals surface area contributed by atoms with E-state index in [4.69, 9.17) is 9.47 Å². The van der Waals surface area contributed by atoms with E-state index in [2.05, 4.69) is 50.1 Å². The summed E-state index contributed by atoms with van der Waals surface area (Å²) in [6.07, 6.45) is 16.9. The van der Waals surface area contributed by atoms with Gasteiger partial charge < -0.3 is 14.3 Å². The zero-order chi connectivity index (χ0) is 27.6. The number of benzene rings is 2. The largest absolute Gasteiger partial charge is 0.497 e. The molecule has 2 aromatic rings. The molecule has 0 saturated carbocycles. The molecule has 0 amide bonds. The third-order valence-electron chi connectivity index (χ3n) is 8.22. The van der Waals surface area contributed by atoms with Gasteiger partial charge in [0.05, 0.1) is 19.6 Å². The minimum absolute atomic E-state index is 0.273. The summed E-state index contributed by atoms with van der Waals surface area (Å²) in [5.74, 6) is 1.71. The van der Waals surface area contributed by atoms with E-state index in [1.54, 1.807) is 14.2 Å². The van der Waals surface area contributed by atoms with Gasteiger partial charge in [-0.25, -0.2) is 0 Å². The van der Waals surface area contributed by atoms with Crippen molar-refractivity contribution in [2.45, 2.75) is 109 Å². The van der Waals surface area contributed by atoms with E-state index in [9.17, 15) is 4.79 Å². The molecule has 0 bridgehead atoms. The van der Waals surface area contributed by atoms with Crippen LogP contribution in [0.4, 0.5) is 0 Å². The lowest BCUT2D eigenvalue weighted by atomic mass is 9.74. The van der Waals surface area contributed by atoms with E-state index in [0.717, 1.165) is 49.3 Å². The average molecular weight is 524 g/mol. The standard InChI is InChI=1S/C34H53NO3/c1-6-7-8-9-10-11-12-13-14-15-23-34(28-36,31-20-17-22-33(27-31)38-5)24-18-25-35(3)29(2)30-19-16-21-32(26-30)37-4/h16-17,19-22,26-29H,6-15,18,23-25H2,1-5H3. The van der Waals surface area contributed by atoms with Crippen LogP contribution in [0.2, 0.25) is 0 Å². The van der Waals surface area contributed by atoms with Crippen LogP contribution in [-0.2, 0) is 10.2 Å². The second-order valence-corrected chi connectivity index (χ2v) is 11.0. The maximum absolute atomic E-state index is 12.8. The van der Waals surface area contributed by atoms with Crippen LogP contribution in [0.15, 0.2) is 48.5 Å². The Balaban J connectivity index is 1.95. The number of carbonyl (C=O) groups is 1. The van der Waals surface area contributed by atoms with Gasteiger partial charge in [0.25, 0.3) is 0 Å². The lowest BCUT2D eigenvalue weighted by Crippen LogP contribution is -2.31.